The zero-order valence-corrected chi connectivity index (χ0v) is 37.5. The molecule has 280 valence electrons. The summed E-state index contributed by atoms with van der Waals surface area (Å²) in [6.07, 6.45) is 0. The standard InChI is InChI=1S/C14H14N2O2.2C13H12N2O2.ClH.2Na.H2O/c1-9-12(14(17)18-3)10(2)16-13(15-9)11-7-5-4-6-8-11;2*1-8-11(13(16)17)9(2)15-12(14-8)10-6-4-3-5-7-10;;;;/h4-8H,1-3H3;2*3-7H,1-2H3,(H,16,17);1H;;;1H2/q;;;;2*+1;/p-2. The van der Waals surface area contributed by atoms with E-state index in [0.29, 0.717) is 57.2 Å². The maximum absolute atomic E-state index is 11.6. The number of halogens is 1. The van der Waals surface area contributed by atoms with Crippen LogP contribution in [0.25, 0.3) is 34.2 Å². The van der Waals surface area contributed by atoms with E-state index in [1.807, 2.05) is 91.0 Å². The molecule has 3 heterocycles. The minimum atomic E-state index is -1.24. The molecule has 0 saturated carbocycles. The SMILES string of the molecule is COC(=O)c1c(C)nc(-c2ccccc2)nc1C.Cc1nc(-c2ccccc2)nc(C)c1C(=O)O.Cc1nc(-c2ccccc2)nc(C)c1C(=O)[O-].Cl.[Na+].[Na+].[OH-]. The van der Waals surface area contributed by atoms with Gasteiger partial charge in [0.1, 0.15) is 11.1 Å². The van der Waals surface area contributed by atoms with Crippen molar-refractivity contribution in [2.45, 2.75) is 41.5 Å². The van der Waals surface area contributed by atoms with E-state index in [1.165, 1.54) is 7.11 Å². The number of carboxylic acid groups (broad SMARTS) is 2. The van der Waals surface area contributed by atoms with Crippen molar-refractivity contribution in [1.82, 2.24) is 29.9 Å². The van der Waals surface area contributed by atoms with Crippen molar-refractivity contribution in [2.24, 2.45) is 0 Å². The Balaban J connectivity index is 0.000000783. The molecular formula is C40H39ClN6Na2O7. The Labute approximate surface area is 375 Å². The van der Waals surface area contributed by atoms with Gasteiger partial charge in [-0.25, -0.2) is 39.5 Å². The number of hydrogen-bond donors (Lipinski definition) is 1. The molecule has 3 aromatic heterocycles. The van der Waals surface area contributed by atoms with Crippen molar-refractivity contribution < 1.29 is 93.9 Å². The van der Waals surface area contributed by atoms with Gasteiger partial charge in [-0.15, -0.1) is 12.4 Å². The predicted molar refractivity (Wildman–Crippen MR) is 203 cm³/mol. The third kappa shape index (κ3) is 13.4. The van der Waals surface area contributed by atoms with Crippen molar-refractivity contribution in [3.8, 4) is 34.2 Å². The van der Waals surface area contributed by atoms with Crippen molar-refractivity contribution in [3.63, 3.8) is 0 Å². The molecule has 0 unspecified atom stereocenters. The minimum Gasteiger partial charge on any atom is -0.870 e. The third-order valence-electron chi connectivity index (χ3n) is 7.72. The first-order valence-electron chi connectivity index (χ1n) is 16.1. The number of carbonyl (C=O) groups excluding carboxylic acids is 2. The summed E-state index contributed by atoms with van der Waals surface area (Å²) in [6.45, 7) is 10.2. The molecule has 0 atom stereocenters. The molecule has 0 radical (unpaired) electrons. The van der Waals surface area contributed by atoms with Crippen LogP contribution in [-0.4, -0.2) is 65.5 Å². The zero-order valence-electron chi connectivity index (χ0n) is 32.7. The zero-order chi connectivity index (χ0) is 37.9. The van der Waals surface area contributed by atoms with E-state index < -0.39 is 17.9 Å². The van der Waals surface area contributed by atoms with E-state index in [2.05, 4.69) is 29.9 Å². The number of nitrogens with zero attached hydrogens (tertiary/aromatic N) is 6. The number of carboxylic acids is 2. The van der Waals surface area contributed by atoms with Gasteiger partial charge in [0.2, 0.25) is 0 Å². The Morgan fingerprint density at radius 3 is 0.982 bits per heavy atom. The molecule has 56 heavy (non-hydrogen) atoms. The monoisotopic (exact) mass is 796 g/mol. The molecule has 0 saturated heterocycles. The number of hydrogen-bond acceptors (Lipinski definition) is 12. The average molecular weight is 797 g/mol. The van der Waals surface area contributed by atoms with Gasteiger partial charge in [-0.05, 0) is 41.5 Å². The maximum atomic E-state index is 11.6. The molecule has 6 rings (SSSR count). The molecule has 0 bridgehead atoms. The average Bonchev–Trinajstić information content (AvgIpc) is 3.12. The van der Waals surface area contributed by atoms with Crippen LogP contribution >= 0.6 is 12.4 Å². The summed E-state index contributed by atoms with van der Waals surface area (Å²) >= 11 is 0. The van der Waals surface area contributed by atoms with Gasteiger partial charge in [-0.3, -0.25) is 0 Å². The van der Waals surface area contributed by atoms with Gasteiger partial charge in [0.25, 0.3) is 0 Å². The summed E-state index contributed by atoms with van der Waals surface area (Å²) in [7, 11) is 1.35. The predicted octanol–water partition coefficient (Wildman–Crippen LogP) is 0.383. The molecule has 0 amide bonds. The molecule has 0 spiro atoms. The second-order valence-corrected chi connectivity index (χ2v) is 11.5. The normalized spacial score (nSPS) is 9.48. The summed E-state index contributed by atoms with van der Waals surface area (Å²) in [5, 5.41) is 19.9. The van der Waals surface area contributed by atoms with Crippen LogP contribution < -0.4 is 64.2 Å². The first-order valence-corrected chi connectivity index (χ1v) is 16.1. The molecule has 0 aliphatic heterocycles. The number of aromatic nitrogens is 6. The second kappa shape index (κ2) is 24.3. The molecule has 0 aliphatic carbocycles. The Bertz CT molecular complexity index is 2060. The summed E-state index contributed by atoms with van der Waals surface area (Å²) in [6, 6.07) is 28.6. The Hall–Kier alpha value is -4.44. The van der Waals surface area contributed by atoms with Gasteiger partial charge in [0.05, 0.1) is 47.2 Å². The Morgan fingerprint density at radius 1 is 0.500 bits per heavy atom. The number of ether oxygens (including phenoxy) is 1. The van der Waals surface area contributed by atoms with E-state index in [9.17, 15) is 19.5 Å². The Morgan fingerprint density at radius 2 is 0.750 bits per heavy atom. The topological polar surface area (TPSA) is 211 Å². The van der Waals surface area contributed by atoms with E-state index >= 15 is 0 Å². The number of rotatable bonds is 6. The number of aromatic carboxylic acids is 2. The quantitative estimate of drug-likeness (QED) is 0.179. The Kier molecular flexibility index (Phi) is 22.3. The summed E-state index contributed by atoms with van der Waals surface area (Å²) < 4.78 is 4.72. The van der Waals surface area contributed by atoms with Crippen LogP contribution in [0.4, 0.5) is 0 Å². The molecular weight excluding hydrogens is 758 g/mol. The smallest absolute Gasteiger partial charge is 0.870 e. The van der Waals surface area contributed by atoms with Gasteiger partial charge >= 0.3 is 71.1 Å². The third-order valence-corrected chi connectivity index (χ3v) is 7.72. The van der Waals surface area contributed by atoms with Crippen LogP contribution in [0.3, 0.4) is 0 Å². The summed E-state index contributed by atoms with van der Waals surface area (Å²) in [5.74, 6) is -0.904. The van der Waals surface area contributed by atoms with E-state index in [-0.39, 0.29) is 88.1 Å². The van der Waals surface area contributed by atoms with Gasteiger partial charge in [0.15, 0.2) is 17.5 Å². The fourth-order valence-electron chi connectivity index (χ4n) is 5.30. The number of carbonyl (C=O) groups is 3. The number of methoxy groups -OCH3 is 1. The fraction of sp³-hybridized carbons (Fsp3) is 0.175. The van der Waals surface area contributed by atoms with Gasteiger partial charge < -0.3 is 25.2 Å². The maximum Gasteiger partial charge on any atom is 1.00 e. The molecule has 3 aromatic carbocycles. The van der Waals surface area contributed by atoms with Crippen LogP contribution in [-0.2, 0) is 4.74 Å². The van der Waals surface area contributed by atoms with Crippen molar-refractivity contribution in [3.05, 3.63) is 142 Å². The van der Waals surface area contributed by atoms with Gasteiger partial charge in [-0.2, -0.15) is 0 Å². The number of esters is 1. The van der Waals surface area contributed by atoms with Gasteiger partial charge in [-0.1, -0.05) is 91.0 Å². The number of benzene rings is 3. The largest absolute Gasteiger partial charge is 1.00 e. The summed E-state index contributed by atoms with van der Waals surface area (Å²) in [4.78, 5) is 59.1. The van der Waals surface area contributed by atoms with Crippen molar-refractivity contribution in [2.75, 3.05) is 7.11 Å². The molecule has 13 nitrogen and oxygen atoms in total. The first-order chi connectivity index (χ1) is 24.8. The fourth-order valence-corrected chi connectivity index (χ4v) is 5.30. The van der Waals surface area contributed by atoms with Gasteiger partial charge in [0, 0.05) is 22.3 Å². The van der Waals surface area contributed by atoms with Crippen LogP contribution in [0.1, 0.15) is 65.2 Å². The van der Waals surface area contributed by atoms with Crippen molar-refractivity contribution >= 4 is 30.3 Å². The molecule has 2 N–H and O–H groups in total. The first kappa shape index (κ1) is 51.6. The van der Waals surface area contributed by atoms with Crippen molar-refractivity contribution in [1.29, 1.82) is 0 Å². The summed E-state index contributed by atoms with van der Waals surface area (Å²) in [5.41, 5.74) is 6.48. The van der Waals surface area contributed by atoms with Crippen LogP contribution in [0.2, 0.25) is 0 Å². The molecule has 0 aliphatic rings. The van der Waals surface area contributed by atoms with Crippen LogP contribution in [0, 0.1) is 41.5 Å². The number of aryl methyl sites for hydroxylation is 6. The van der Waals surface area contributed by atoms with E-state index in [1.54, 1.807) is 41.5 Å². The molecule has 16 heteroatoms. The van der Waals surface area contributed by atoms with Crippen LogP contribution in [0.5, 0.6) is 0 Å². The minimum absolute atomic E-state index is 0. The molecule has 6 aromatic rings. The second-order valence-electron chi connectivity index (χ2n) is 11.5. The molecule has 0 fully saturated rings. The van der Waals surface area contributed by atoms with E-state index in [4.69, 9.17) is 9.84 Å². The van der Waals surface area contributed by atoms with E-state index in [0.717, 1.165) is 16.7 Å². The van der Waals surface area contributed by atoms with Crippen LogP contribution in [0.15, 0.2) is 91.0 Å².